The number of aliphatic hydroxyl groups is 2. The highest BCUT2D eigenvalue weighted by atomic mass is 32.2. The number of amidine groups is 1. The molecule has 0 saturated carbocycles. The number of rotatable bonds is 1. The molecule has 1 saturated heterocycles. The number of aliphatic hydroxyl groups excluding tert-OH is 2. The molecular weight excluding hydrogens is 285 g/mol. The molecule has 2 aliphatic rings. The molecule has 0 aromatic carbocycles. The van der Waals surface area contributed by atoms with Crippen LogP contribution in [0, 0.1) is 0 Å². The van der Waals surface area contributed by atoms with E-state index in [4.69, 9.17) is 4.74 Å². The van der Waals surface area contributed by atoms with Crippen molar-refractivity contribution in [1.82, 2.24) is 4.90 Å². The Balaban J connectivity index is 2.07. The second-order valence-electron chi connectivity index (χ2n) is 4.75. The van der Waals surface area contributed by atoms with E-state index in [1.807, 2.05) is 0 Å². The SMILES string of the molecule is CN(C)C1=N[C@@H]2C[C@H](O)[C@@H]([C@@H](O)C(F)(F)F)O[C@@H]2S1. The maximum absolute atomic E-state index is 12.5. The van der Waals surface area contributed by atoms with Crippen LogP contribution >= 0.6 is 11.8 Å². The van der Waals surface area contributed by atoms with E-state index >= 15 is 0 Å². The van der Waals surface area contributed by atoms with Crippen molar-refractivity contribution in [3.63, 3.8) is 0 Å². The lowest BCUT2D eigenvalue weighted by Gasteiger charge is -2.37. The smallest absolute Gasteiger partial charge is 0.390 e. The Hall–Kier alpha value is -0.510. The molecule has 0 bridgehead atoms. The number of halogens is 3. The van der Waals surface area contributed by atoms with Crippen molar-refractivity contribution in [3.8, 4) is 0 Å². The predicted octanol–water partition coefficient (Wildman–Crippen LogP) is 0.418. The number of alkyl halides is 3. The van der Waals surface area contributed by atoms with E-state index in [9.17, 15) is 23.4 Å². The Morgan fingerprint density at radius 1 is 1.47 bits per heavy atom. The fraction of sp³-hybridized carbons (Fsp3) is 0.900. The third-order valence-electron chi connectivity index (χ3n) is 2.99. The molecule has 2 aliphatic heterocycles. The number of hydrogen-bond donors (Lipinski definition) is 2. The van der Waals surface area contributed by atoms with Crippen molar-refractivity contribution >= 4 is 16.9 Å². The number of nitrogens with zero attached hydrogens (tertiary/aromatic N) is 2. The van der Waals surface area contributed by atoms with Crippen LogP contribution in [0.5, 0.6) is 0 Å². The zero-order chi connectivity index (χ0) is 14.4. The van der Waals surface area contributed by atoms with Gasteiger partial charge in [0.25, 0.3) is 0 Å². The number of thioether (sulfide) groups is 1. The number of fused-ring (bicyclic) bond motifs is 1. The van der Waals surface area contributed by atoms with Crippen LogP contribution in [0.1, 0.15) is 6.42 Å². The molecule has 19 heavy (non-hydrogen) atoms. The molecule has 2 heterocycles. The van der Waals surface area contributed by atoms with Gasteiger partial charge in [-0.3, -0.25) is 4.99 Å². The topological polar surface area (TPSA) is 65.3 Å². The first-order valence-electron chi connectivity index (χ1n) is 5.70. The standard InChI is InChI=1S/C10H15F3N2O3S/c1-15(2)9-14-4-3-5(16)6(18-8(4)19-9)7(17)10(11,12)13/h4-8,16-17H,3H2,1-2H3/t4-,5+,6+,7-,8-/m1/s1. The van der Waals surface area contributed by atoms with Gasteiger partial charge in [0, 0.05) is 20.5 Å². The summed E-state index contributed by atoms with van der Waals surface area (Å²) in [5.74, 6) is 0. The van der Waals surface area contributed by atoms with Gasteiger partial charge in [-0.15, -0.1) is 0 Å². The van der Waals surface area contributed by atoms with Gasteiger partial charge in [-0.2, -0.15) is 13.2 Å². The van der Waals surface area contributed by atoms with Gasteiger partial charge in [-0.1, -0.05) is 11.8 Å². The summed E-state index contributed by atoms with van der Waals surface area (Å²) in [6.45, 7) is 0. The minimum atomic E-state index is -4.81. The van der Waals surface area contributed by atoms with Crippen LogP contribution in [0.15, 0.2) is 4.99 Å². The minimum absolute atomic E-state index is 0.0484. The summed E-state index contributed by atoms with van der Waals surface area (Å²) in [7, 11) is 3.53. The van der Waals surface area contributed by atoms with Crippen LogP contribution in [0.25, 0.3) is 0 Å². The first-order chi connectivity index (χ1) is 8.70. The lowest BCUT2D eigenvalue weighted by atomic mass is 9.97. The van der Waals surface area contributed by atoms with Gasteiger partial charge < -0.3 is 19.8 Å². The highest BCUT2D eigenvalue weighted by Crippen LogP contribution is 2.39. The molecule has 0 radical (unpaired) electrons. The van der Waals surface area contributed by atoms with Crippen molar-refractivity contribution < 1.29 is 28.1 Å². The van der Waals surface area contributed by atoms with E-state index in [1.54, 1.807) is 19.0 Å². The summed E-state index contributed by atoms with van der Waals surface area (Å²) in [5, 5.41) is 19.5. The van der Waals surface area contributed by atoms with E-state index in [1.165, 1.54) is 11.8 Å². The van der Waals surface area contributed by atoms with Crippen LogP contribution in [0.4, 0.5) is 13.2 Å². The molecule has 5 atom stereocenters. The quantitative estimate of drug-likeness (QED) is 0.735. The highest BCUT2D eigenvalue weighted by Gasteiger charge is 2.52. The lowest BCUT2D eigenvalue weighted by Crippen LogP contribution is -2.54. The summed E-state index contributed by atoms with van der Waals surface area (Å²) in [6, 6.07) is -0.380. The monoisotopic (exact) mass is 300 g/mol. The van der Waals surface area contributed by atoms with Crippen LogP contribution < -0.4 is 0 Å². The Morgan fingerprint density at radius 2 is 2.11 bits per heavy atom. The van der Waals surface area contributed by atoms with Crippen LogP contribution in [-0.2, 0) is 4.74 Å². The Kier molecular flexibility index (Phi) is 4.01. The van der Waals surface area contributed by atoms with E-state index < -0.39 is 29.9 Å². The van der Waals surface area contributed by atoms with Crippen molar-refractivity contribution in [2.75, 3.05) is 14.1 Å². The summed E-state index contributed by atoms with van der Waals surface area (Å²) in [4.78, 5) is 6.00. The van der Waals surface area contributed by atoms with Crippen molar-refractivity contribution in [2.24, 2.45) is 4.99 Å². The zero-order valence-electron chi connectivity index (χ0n) is 10.3. The number of aliphatic imine (C=N–C) groups is 1. The molecule has 9 heteroatoms. The highest BCUT2D eigenvalue weighted by molar-refractivity contribution is 8.14. The Labute approximate surface area is 112 Å². The molecule has 0 aromatic rings. The summed E-state index contributed by atoms with van der Waals surface area (Å²) in [6.07, 6.45) is -10.5. The van der Waals surface area contributed by atoms with Crippen molar-refractivity contribution in [3.05, 3.63) is 0 Å². The predicted molar refractivity (Wildman–Crippen MR) is 63.8 cm³/mol. The average Bonchev–Trinajstić information content (AvgIpc) is 2.68. The van der Waals surface area contributed by atoms with E-state index in [0.29, 0.717) is 5.17 Å². The maximum atomic E-state index is 12.5. The van der Waals surface area contributed by atoms with Gasteiger partial charge in [0.2, 0.25) is 0 Å². The average molecular weight is 300 g/mol. The molecule has 0 aliphatic carbocycles. The molecule has 2 N–H and O–H groups in total. The molecule has 1 fully saturated rings. The third kappa shape index (κ3) is 2.99. The van der Waals surface area contributed by atoms with Gasteiger partial charge in [-0.05, 0) is 0 Å². The third-order valence-corrected chi connectivity index (χ3v) is 4.33. The molecule has 0 unspecified atom stereocenters. The first kappa shape index (κ1) is 14.9. The van der Waals surface area contributed by atoms with E-state index in [0.717, 1.165) is 0 Å². The first-order valence-corrected chi connectivity index (χ1v) is 6.58. The number of hydrogen-bond acceptors (Lipinski definition) is 6. The van der Waals surface area contributed by atoms with Crippen molar-refractivity contribution in [1.29, 1.82) is 0 Å². The molecule has 0 spiro atoms. The van der Waals surface area contributed by atoms with E-state index in [-0.39, 0.29) is 12.5 Å². The second kappa shape index (κ2) is 5.12. The number of ether oxygens (including phenoxy) is 1. The maximum Gasteiger partial charge on any atom is 0.417 e. The zero-order valence-corrected chi connectivity index (χ0v) is 11.1. The summed E-state index contributed by atoms with van der Waals surface area (Å²) in [5.41, 5.74) is -0.595. The second-order valence-corrected chi connectivity index (χ2v) is 5.82. The molecule has 0 amide bonds. The van der Waals surface area contributed by atoms with Crippen LogP contribution in [0.2, 0.25) is 0 Å². The van der Waals surface area contributed by atoms with Gasteiger partial charge in [0.15, 0.2) is 11.3 Å². The minimum Gasteiger partial charge on any atom is -0.390 e. The van der Waals surface area contributed by atoms with Crippen LogP contribution in [0.3, 0.4) is 0 Å². The lowest BCUT2D eigenvalue weighted by molar-refractivity contribution is -0.260. The van der Waals surface area contributed by atoms with Gasteiger partial charge in [0.05, 0.1) is 12.1 Å². The molecule has 110 valence electrons. The Morgan fingerprint density at radius 3 is 2.63 bits per heavy atom. The molecule has 2 rings (SSSR count). The molecular formula is C10H15F3N2O3S. The van der Waals surface area contributed by atoms with E-state index in [2.05, 4.69) is 4.99 Å². The van der Waals surface area contributed by atoms with Gasteiger partial charge in [0.1, 0.15) is 11.5 Å². The fourth-order valence-corrected chi connectivity index (χ4v) is 3.14. The largest absolute Gasteiger partial charge is 0.417 e. The Bertz CT molecular complexity index is 378. The van der Waals surface area contributed by atoms with Crippen LogP contribution in [-0.4, -0.2) is 70.3 Å². The fourth-order valence-electron chi connectivity index (χ4n) is 2.02. The molecule has 5 nitrogen and oxygen atoms in total. The normalized spacial score (nSPS) is 36.7. The summed E-state index contributed by atoms with van der Waals surface area (Å²) < 4.78 is 42.6. The van der Waals surface area contributed by atoms with Crippen molar-refractivity contribution in [2.45, 2.75) is 42.4 Å². The van der Waals surface area contributed by atoms with Gasteiger partial charge in [-0.25, -0.2) is 0 Å². The van der Waals surface area contributed by atoms with Gasteiger partial charge >= 0.3 is 6.18 Å². The molecule has 0 aromatic heterocycles. The summed E-state index contributed by atoms with van der Waals surface area (Å²) >= 11 is 1.20.